The number of nitrogens with zero attached hydrogens (tertiary/aromatic N) is 1. The number of carbonyl (C=O) groups is 2. The maximum Gasteiger partial charge on any atom is 0.311 e. The molecule has 0 spiro atoms. The van der Waals surface area contributed by atoms with Crippen LogP contribution in [0.25, 0.3) is 10.1 Å². The average Bonchev–Trinajstić information content (AvgIpc) is 3.03. The van der Waals surface area contributed by atoms with E-state index in [0.29, 0.717) is 18.5 Å². The lowest BCUT2D eigenvalue weighted by atomic mass is 9.90. The van der Waals surface area contributed by atoms with Crippen LogP contribution in [-0.4, -0.2) is 35.0 Å². The molecule has 1 atom stereocenters. The zero-order valence-electron chi connectivity index (χ0n) is 11.1. The second-order valence-corrected chi connectivity index (χ2v) is 6.40. The Bertz CT molecular complexity index is 693. The molecule has 1 unspecified atom stereocenters. The minimum absolute atomic E-state index is 0.0626. The molecule has 1 saturated heterocycles. The molecule has 1 N–H and O–H groups in total. The Morgan fingerprint density at radius 3 is 2.80 bits per heavy atom. The lowest BCUT2D eigenvalue weighted by molar-refractivity contribution is -0.147. The van der Waals surface area contributed by atoms with Gasteiger partial charge in [-0.05, 0) is 19.4 Å². The third kappa shape index (κ3) is 1.98. The minimum Gasteiger partial charge on any atom is -0.481 e. The highest BCUT2D eigenvalue weighted by Crippen LogP contribution is 2.33. The summed E-state index contributed by atoms with van der Waals surface area (Å²) in [7, 11) is 0. The van der Waals surface area contributed by atoms with Gasteiger partial charge < -0.3 is 10.0 Å². The Balaban J connectivity index is 1.89. The topological polar surface area (TPSA) is 57.6 Å². The van der Waals surface area contributed by atoms with Gasteiger partial charge in [-0.2, -0.15) is 0 Å². The van der Waals surface area contributed by atoms with Gasteiger partial charge in [0.15, 0.2) is 0 Å². The van der Waals surface area contributed by atoms with Crippen molar-refractivity contribution >= 4 is 33.3 Å². The first-order chi connectivity index (χ1) is 9.51. The number of benzene rings is 1. The lowest BCUT2D eigenvalue weighted by Crippen LogP contribution is -2.34. The number of hydrogen-bond donors (Lipinski definition) is 1. The molecule has 1 amide bonds. The van der Waals surface area contributed by atoms with Gasteiger partial charge in [0, 0.05) is 28.6 Å². The first-order valence-corrected chi connectivity index (χ1v) is 7.38. The highest BCUT2D eigenvalue weighted by molar-refractivity contribution is 7.17. The smallest absolute Gasteiger partial charge is 0.311 e. The molecule has 0 radical (unpaired) electrons. The number of carbonyl (C=O) groups excluding carboxylic acids is 1. The lowest BCUT2D eigenvalue weighted by Gasteiger charge is -2.20. The Morgan fingerprint density at radius 1 is 1.35 bits per heavy atom. The summed E-state index contributed by atoms with van der Waals surface area (Å²) >= 11 is 1.54. The van der Waals surface area contributed by atoms with Crippen molar-refractivity contribution in [2.24, 2.45) is 5.41 Å². The van der Waals surface area contributed by atoms with Crippen molar-refractivity contribution in [1.29, 1.82) is 0 Å². The number of carboxylic acid groups (broad SMARTS) is 1. The molecule has 3 rings (SSSR count). The van der Waals surface area contributed by atoms with E-state index in [4.69, 9.17) is 0 Å². The van der Waals surface area contributed by atoms with E-state index in [1.807, 2.05) is 29.6 Å². The van der Waals surface area contributed by atoms with Crippen LogP contribution in [0.1, 0.15) is 23.7 Å². The molecule has 1 aromatic carbocycles. The van der Waals surface area contributed by atoms with Gasteiger partial charge >= 0.3 is 5.97 Å². The highest BCUT2D eigenvalue weighted by Gasteiger charge is 2.42. The van der Waals surface area contributed by atoms with E-state index in [1.54, 1.807) is 23.2 Å². The Hall–Kier alpha value is -1.88. The van der Waals surface area contributed by atoms with Gasteiger partial charge in [0.2, 0.25) is 0 Å². The number of fused-ring (bicyclic) bond motifs is 1. The third-order valence-electron chi connectivity index (χ3n) is 3.99. The van der Waals surface area contributed by atoms with E-state index in [-0.39, 0.29) is 12.5 Å². The summed E-state index contributed by atoms with van der Waals surface area (Å²) in [5, 5.41) is 12.1. The van der Waals surface area contributed by atoms with Gasteiger partial charge in [-0.15, -0.1) is 11.3 Å². The molecule has 20 heavy (non-hydrogen) atoms. The second-order valence-electron chi connectivity index (χ2n) is 5.49. The quantitative estimate of drug-likeness (QED) is 0.925. The van der Waals surface area contributed by atoms with Crippen molar-refractivity contribution in [3.8, 4) is 0 Å². The molecule has 2 heterocycles. The molecular weight excluding hydrogens is 274 g/mol. The van der Waals surface area contributed by atoms with Crippen LogP contribution in [0.5, 0.6) is 0 Å². The van der Waals surface area contributed by atoms with Gasteiger partial charge in [-0.3, -0.25) is 9.59 Å². The van der Waals surface area contributed by atoms with Gasteiger partial charge in [-0.1, -0.05) is 18.2 Å². The molecule has 1 fully saturated rings. The predicted octanol–water partition coefficient (Wildman–Crippen LogP) is 2.84. The number of hydrogen-bond acceptors (Lipinski definition) is 3. The van der Waals surface area contributed by atoms with Crippen LogP contribution in [0.15, 0.2) is 29.6 Å². The van der Waals surface area contributed by atoms with Crippen molar-refractivity contribution in [3.05, 3.63) is 35.2 Å². The maximum atomic E-state index is 12.6. The van der Waals surface area contributed by atoms with E-state index < -0.39 is 11.4 Å². The van der Waals surface area contributed by atoms with Crippen molar-refractivity contribution in [2.75, 3.05) is 13.1 Å². The fourth-order valence-corrected chi connectivity index (χ4v) is 3.56. The number of carboxylic acids is 1. The fraction of sp³-hybridized carbons (Fsp3) is 0.333. The van der Waals surface area contributed by atoms with Crippen molar-refractivity contribution in [3.63, 3.8) is 0 Å². The normalized spacial score (nSPS) is 22.4. The highest BCUT2D eigenvalue weighted by atomic mass is 32.1. The average molecular weight is 289 g/mol. The number of likely N-dealkylation sites (tertiary alicyclic amines) is 1. The molecule has 104 valence electrons. The third-order valence-corrected chi connectivity index (χ3v) is 4.95. The van der Waals surface area contributed by atoms with Gasteiger partial charge in [0.1, 0.15) is 0 Å². The molecule has 1 aliphatic heterocycles. The Morgan fingerprint density at radius 2 is 2.10 bits per heavy atom. The van der Waals surface area contributed by atoms with Gasteiger partial charge in [0.25, 0.3) is 5.91 Å². The summed E-state index contributed by atoms with van der Waals surface area (Å²) in [6.45, 7) is 2.49. The molecule has 1 aromatic heterocycles. The number of aliphatic carboxylic acids is 1. The zero-order valence-corrected chi connectivity index (χ0v) is 11.9. The summed E-state index contributed by atoms with van der Waals surface area (Å²) in [6, 6.07) is 7.79. The van der Waals surface area contributed by atoms with Crippen molar-refractivity contribution < 1.29 is 14.7 Å². The van der Waals surface area contributed by atoms with Crippen LogP contribution in [0, 0.1) is 5.41 Å². The van der Waals surface area contributed by atoms with Crippen LogP contribution in [0.4, 0.5) is 0 Å². The number of rotatable bonds is 2. The van der Waals surface area contributed by atoms with Crippen LogP contribution < -0.4 is 0 Å². The molecule has 4 nitrogen and oxygen atoms in total. The molecule has 0 bridgehead atoms. The van der Waals surface area contributed by atoms with E-state index in [9.17, 15) is 14.7 Å². The van der Waals surface area contributed by atoms with E-state index in [0.717, 1.165) is 10.1 Å². The largest absolute Gasteiger partial charge is 0.481 e. The summed E-state index contributed by atoms with van der Waals surface area (Å²) in [4.78, 5) is 25.5. The van der Waals surface area contributed by atoms with E-state index in [1.165, 1.54) is 0 Å². The summed E-state index contributed by atoms with van der Waals surface area (Å²) < 4.78 is 1.08. The van der Waals surface area contributed by atoms with Crippen molar-refractivity contribution in [1.82, 2.24) is 4.90 Å². The Kier molecular flexibility index (Phi) is 3.01. The molecule has 0 saturated carbocycles. The first kappa shape index (κ1) is 13.1. The van der Waals surface area contributed by atoms with Crippen LogP contribution in [-0.2, 0) is 4.79 Å². The minimum atomic E-state index is -0.831. The predicted molar refractivity (Wildman–Crippen MR) is 78.1 cm³/mol. The number of amides is 1. The summed E-state index contributed by atoms with van der Waals surface area (Å²) in [5.41, 5.74) is -0.137. The standard InChI is InChI=1S/C15H15NO3S/c1-15(14(18)19)6-7-16(9-15)13(17)11-8-20-12-5-3-2-4-10(11)12/h2-5,8H,6-7,9H2,1H3,(H,18,19). The fourth-order valence-electron chi connectivity index (χ4n) is 2.62. The maximum absolute atomic E-state index is 12.6. The monoisotopic (exact) mass is 289 g/mol. The molecule has 2 aromatic rings. The summed E-state index contributed by atoms with van der Waals surface area (Å²) in [6.07, 6.45) is 0.510. The molecule has 0 aliphatic carbocycles. The van der Waals surface area contributed by atoms with E-state index in [2.05, 4.69) is 0 Å². The molecule has 1 aliphatic rings. The van der Waals surface area contributed by atoms with Gasteiger partial charge in [0.05, 0.1) is 11.0 Å². The zero-order chi connectivity index (χ0) is 14.3. The van der Waals surface area contributed by atoms with Crippen LogP contribution in [0.3, 0.4) is 0 Å². The second kappa shape index (κ2) is 4.59. The first-order valence-electron chi connectivity index (χ1n) is 6.50. The summed E-state index contributed by atoms with van der Waals surface area (Å²) in [5.74, 6) is -0.893. The van der Waals surface area contributed by atoms with Crippen molar-refractivity contribution in [2.45, 2.75) is 13.3 Å². The molecule has 5 heteroatoms. The number of thiophene rings is 1. The SMILES string of the molecule is CC1(C(=O)O)CCN(C(=O)c2csc3ccccc23)C1. The molecular formula is C15H15NO3S. The van der Waals surface area contributed by atoms with Crippen LogP contribution >= 0.6 is 11.3 Å². The Labute approximate surface area is 120 Å². The van der Waals surface area contributed by atoms with E-state index >= 15 is 0 Å². The van der Waals surface area contributed by atoms with Gasteiger partial charge in [-0.25, -0.2) is 0 Å². The van der Waals surface area contributed by atoms with Crippen LogP contribution in [0.2, 0.25) is 0 Å².